The van der Waals surface area contributed by atoms with Crippen molar-refractivity contribution >= 4 is 11.9 Å². The standard InChI is InChI=1S/C16H34N4O2/c1-7-14(4)19-16(18-11-15(21)20(5)6)17-9-8-10-22-12-13(2)3/h13-14H,7-12H2,1-6H3,(H2,17,18,19). The van der Waals surface area contributed by atoms with Gasteiger partial charge in [-0.25, -0.2) is 4.99 Å². The van der Waals surface area contributed by atoms with Crippen LogP contribution in [0.3, 0.4) is 0 Å². The van der Waals surface area contributed by atoms with Crippen LogP contribution in [0.2, 0.25) is 0 Å². The zero-order valence-corrected chi connectivity index (χ0v) is 15.1. The third-order valence-electron chi connectivity index (χ3n) is 3.08. The van der Waals surface area contributed by atoms with Crippen LogP contribution in [-0.4, -0.2) is 63.2 Å². The fourth-order valence-corrected chi connectivity index (χ4v) is 1.48. The van der Waals surface area contributed by atoms with Crippen molar-refractivity contribution in [2.24, 2.45) is 10.9 Å². The molecule has 0 saturated carbocycles. The average Bonchev–Trinajstić information content (AvgIpc) is 2.46. The summed E-state index contributed by atoms with van der Waals surface area (Å²) in [7, 11) is 3.47. The predicted molar refractivity (Wildman–Crippen MR) is 92.2 cm³/mol. The Morgan fingerprint density at radius 3 is 2.50 bits per heavy atom. The number of carbonyl (C=O) groups excluding carboxylic acids is 1. The third kappa shape index (κ3) is 11.4. The van der Waals surface area contributed by atoms with Gasteiger partial charge in [-0.2, -0.15) is 0 Å². The molecular weight excluding hydrogens is 280 g/mol. The molecule has 1 unspecified atom stereocenters. The fourth-order valence-electron chi connectivity index (χ4n) is 1.48. The molecule has 0 aromatic carbocycles. The summed E-state index contributed by atoms with van der Waals surface area (Å²) in [6, 6.07) is 0.317. The van der Waals surface area contributed by atoms with E-state index in [1.807, 2.05) is 0 Å². The summed E-state index contributed by atoms with van der Waals surface area (Å²) in [6.45, 7) is 10.9. The molecule has 1 atom stereocenters. The average molecular weight is 314 g/mol. The molecule has 0 saturated heterocycles. The van der Waals surface area contributed by atoms with Gasteiger partial charge in [0.05, 0.1) is 0 Å². The Bertz CT molecular complexity index is 330. The summed E-state index contributed by atoms with van der Waals surface area (Å²) in [5.74, 6) is 1.24. The van der Waals surface area contributed by atoms with E-state index in [0.29, 0.717) is 17.9 Å². The molecule has 0 radical (unpaired) electrons. The maximum absolute atomic E-state index is 11.6. The predicted octanol–water partition coefficient (Wildman–Crippen LogP) is 1.47. The zero-order chi connectivity index (χ0) is 17.0. The Morgan fingerprint density at radius 2 is 1.95 bits per heavy atom. The number of guanidine groups is 1. The van der Waals surface area contributed by atoms with E-state index in [1.54, 1.807) is 19.0 Å². The summed E-state index contributed by atoms with van der Waals surface area (Å²) in [5.41, 5.74) is 0. The highest BCUT2D eigenvalue weighted by atomic mass is 16.5. The van der Waals surface area contributed by atoms with Crippen molar-refractivity contribution < 1.29 is 9.53 Å². The Labute approximate surface area is 135 Å². The van der Waals surface area contributed by atoms with E-state index in [4.69, 9.17) is 4.74 Å². The first-order valence-electron chi connectivity index (χ1n) is 8.19. The number of hydrogen-bond acceptors (Lipinski definition) is 3. The molecule has 0 aliphatic heterocycles. The normalized spacial score (nSPS) is 13.1. The van der Waals surface area contributed by atoms with Crippen LogP contribution in [0.15, 0.2) is 4.99 Å². The summed E-state index contributed by atoms with van der Waals surface area (Å²) in [6.07, 6.45) is 1.91. The maximum Gasteiger partial charge on any atom is 0.243 e. The van der Waals surface area contributed by atoms with Crippen molar-refractivity contribution in [1.29, 1.82) is 0 Å². The van der Waals surface area contributed by atoms with Gasteiger partial charge in [0, 0.05) is 39.9 Å². The van der Waals surface area contributed by atoms with Crippen LogP contribution < -0.4 is 10.6 Å². The van der Waals surface area contributed by atoms with Gasteiger partial charge in [0.1, 0.15) is 6.54 Å². The molecule has 0 spiro atoms. The minimum Gasteiger partial charge on any atom is -0.381 e. The van der Waals surface area contributed by atoms with Gasteiger partial charge in [0.15, 0.2) is 5.96 Å². The monoisotopic (exact) mass is 314 g/mol. The van der Waals surface area contributed by atoms with Gasteiger partial charge in [-0.3, -0.25) is 4.79 Å². The second-order valence-corrected chi connectivity index (χ2v) is 6.16. The summed E-state index contributed by atoms with van der Waals surface area (Å²) in [5, 5.41) is 6.55. The molecule has 22 heavy (non-hydrogen) atoms. The van der Waals surface area contributed by atoms with Crippen molar-refractivity contribution in [1.82, 2.24) is 15.5 Å². The lowest BCUT2D eigenvalue weighted by atomic mass is 10.2. The van der Waals surface area contributed by atoms with Crippen LogP contribution in [0.1, 0.15) is 40.5 Å². The second-order valence-electron chi connectivity index (χ2n) is 6.16. The molecule has 0 fully saturated rings. The molecule has 0 rings (SSSR count). The number of amides is 1. The highest BCUT2D eigenvalue weighted by Gasteiger charge is 2.06. The van der Waals surface area contributed by atoms with Crippen molar-refractivity contribution in [3.8, 4) is 0 Å². The van der Waals surface area contributed by atoms with E-state index < -0.39 is 0 Å². The molecule has 1 amide bonds. The first-order chi connectivity index (χ1) is 10.4. The Hall–Kier alpha value is -1.30. The molecule has 6 heteroatoms. The van der Waals surface area contributed by atoms with Crippen LogP contribution in [0, 0.1) is 5.92 Å². The van der Waals surface area contributed by atoms with Crippen molar-refractivity contribution in [2.75, 3.05) is 40.4 Å². The third-order valence-corrected chi connectivity index (χ3v) is 3.08. The van der Waals surface area contributed by atoms with Gasteiger partial charge < -0.3 is 20.3 Å². The lowest BCUT2D eigenvalue weighted by molar-refractivity contribution is -0.127. The second kappa shape index (κ2) is 12.3. The number of rotatable bonds is 10. The van der Waals surface area contributed by atoms with Gasteiger partial charge >= 0.3 is 0 Å². The number of carbonyl (C=O) groups is 1. The summed E-state index contributed by atoms with van der Waals surface area (Å²) in [4.78, 5) is 17.5. The van der Waals surface area contributed by atoms with Crippen molar-refractivity contribution in [3.05, 3.63) is 0 Å². The van der Waals surface area contributed by atoms with Crippen LogP contribution >= 0.6 is 0 Å². The van der Waals surface area contributed by atoms with Gasteiger partial charge in [0.2, 0.25) is 5.91 Å². The quantitative estimate of drug-likeness (QED) is 0.364. The molecule has 130 valence electrons. The summed E-state index contributed by atoms with van der Waals surface area (Å²) < 4.78 is 5.55. The minimum absolute atomic E-state index is 0.00878. The molecular formula is C16H34N4O2. The fraction of sp³-hybridized carbons (Fsp3) is 0.875. The summed E-state index contributed by atoms with van der Waals surface area (Å²) >= 11 is 0. The number of nitrogens with zero attached hydrogens (tertiary/aromatic N) is 2. The minimum atomic E-state index is -0.00878. The van der Waals surface area contributed by atoms with E-state index in [-0.39, 0.29) is 12.5 Å². The van der Waals surface area contributed by atoms with E-state index >= 15 is 0 Å². The number of likely N-dealkylation sites (N-methyl/N-ethyl adjacent to an activating group) is 1. The first kappa shape index (κ1) is 20.7. The zero-order valence-electron chi connectivity index (χ0n) is 15.1. The van der Waals surface area contributed by atoms with Gasteiger partial charge in [-0.15, -0.1) is 0 Å². The lowest BCUT2D eigenvalue weighted by Gasteiger charge is -2.17. The molecule has 0 aromatic rings. The topological polar surface area (TPSA) is 66.0 Å². The van der Waals surface area contributed by atoms with E-state index in [2.05, 4.69) is 43.3 Å². The molecule has 2 N–H and O–H groups in total. The van der Waals surface area contributed by atoms with E-state index in [9.17, 15) is 4.79 Å². The highest BCUT2D eigenvalue weighted by molar-refractivity contribution is 5.84. The Morgan fingerprint density at radius 1 is 1.27 bits per heavy atom. The van der Waals surface area contributed by atoms with Crippen LogP contribution in [0.5, 0.6) is 0 Å². The first-order valence-corrected chi connectivity index (χ1v) is 8.19. The smallest absolute Gasteiger partial charge is 0.243 e. The Balaban J connectivity index is 4.18. The molecule has 0 bridgehead atoms. The van der Waals surface area contributed by atoms with Gasteiger partial charge in [-0.05, 0) is 25.7 Å². The van der Waals surface area contributed by atoms with Crippen molar-refractivity contribution in [3.63, 3.8) is 0 Å². The molecule has 0 aliphatic carbocycles. The van der Waals surface area contributed by atoms with E-state index in [1.165, 1.54) is 0 Å². The van der Waals surface area contributed by atoms with Crippen molar-refractivity contribution in [2.45, 2.75) is 46.6 Å². The Kier molecular flexibility index (Phi) is 11.5. The SMILES string of the molecule is CCC(C)NC(=NCC(=O)N(C)C)NCCCOCC(C)C. The molecule has 6 nitrogen and oxygen atoms in total. The number of hydrogen-bond donors (Lipinski definition) is 2. The van der Waals surface area contributed by atoms with Gasteiger partial charge in [-0.1, -0.05) is 20.8 Å². The largest absolute Gasteiger partial charge is 0.381 e. The number of nitrogens with one attached hydrogen (secondary N) is 2. The molecule has 0 heterocycles. The highest BCUT2D eigenvalue weighted by Crippen LogP contribution is 1.93. The molecule has 0 aromatic heterocycles. The van der Waals surface area contributed by atoms with E-state index in [0.717, 1.165) is 32.6 Å². The van der Waals surface area contributed by atoms with Crippen LogP contribution in [0.4, 0.5) is 0 Å². The van der Waals surface area contributed by atoms with Crippen LogP contribution in [-0.2, 0) is 9.53 Å². The van der Waals surface area contributed by atoms with Gasteiger partial charge in [0.25, 0.3) is 0 Å². The number of aliphatic imine (C=N–C) groups is 1. The number of ether oxygens (including phenoxy) is 1. The lowest BCUT2D eigenvalue weighted by Crippen LogP contribution is -2.43. The molecule has 0 aliphatic rings. The maximum atomic E-state index is 11.6. The van der Waals surface area contributed by atoms with Crippen LogP contribution in [0.25, 0.3) is 0 Å².